The van der Waals surface area contributed by atoms with E-state index in [0.29, 0.717) is 28.9 Å². The molecule has 2 aromatic carbocycles. The first-order valence-electron chi connectivity index (χ1n) is 7.54. The number of carbonyl (C=O) groups is 1. The standard InChI is InChI=1S/C18H15NO5/c1-2-9-23-16-6-4-3-5-14(16)18(20)17-11-12-10-13(19(21)22)7-8-15(12)24-17/h3-8,10-11H,2,9H2,1H3. The van der Waals surface area contributed by atoms with Gasteiger partial charge in [0.25, 0.3) is 5.69 Å². The second kappa shape index (κ2) is 6.54. The molecule has 122 valence electrons. The molecule has 1 heterocycles. The Bertz CT molecular complexity index is 913. The average molecular weight is 325 g/mol. The van der Waals surface area contributed by atoms with Gasteiger partial charge < -0.3 is 9.15 Å². The highest BCUT2D eigenvalue weighted by Gasteiger charge is 2.19. The van der Waals surface area contributed by atoms with Crippen molar-refractivity contribution < 1.29 is 18.9 Å². The van der Waals surface area contributed by atoms with Crippen molar-refractivity contribution in [3.8, 4) is 5.75 Å². The minimum absolute atomic E-state index is 0.0472. The topological polar surface area (TPSA) is 82.6 Å². The number of furan rings is 1. The molecular weight excluding hydrogens is 310 g/mol. The lowest BCUT2D eigenvalue weighted by Gasteiger charge is -2.08. The van der Waals surface area contributed by atoms with Gasteiger partial charge >= 0.3 is 0 Å². The Morgan fingerprint density at radius 2 is 2.00 bits per heavy atom. The lowest BCUT2D eigenvalue weighted by atomic mass is 10.1. The monoisotopic (exact) mass is 325 g/mol. The number of nitro groups is 1. The maximum Gasteiger partial charge on any atom is 0.270 e. The second-order valence-corrected chi connectivity index (χ2v) is 5.26. The fourth-order valence-electron chi connectivity index (χ4n) is 2.38. The minimum atomic E-state index is -0.484. The van der Waals surface area contributed by atoms with Gasteiger partial charge in [0.05, 0.1) is 17.1 Å². The third-order valence-corrected chi connectivity index (χ3v) is 3.53. The van der Waals surface area contributed by atoms with Gasteiger partial charge in [0.1, 0.15) is 11.3 Å². The Morgan fingerprint density at radius 1 is 1.21 bits per heavy atom. The van der Waals surface area contributed by atoms with E-state index in [2.05, 4.69) is 0 Å². The molecule has 0 amide bonds. The predicted octanol–water partition coefficient (Wildman–Crippen LogP) is 4.36. The highest BCUT2D eigenvalue weighted by molar-refractivity contribution is 6.10. The molecule has 0 fully saturated rings. The van der Waals surface area contributed by atoms with Crippen LogP contribution in [0, 0.1) is 10.1 Å². The summed E-state index contributed by atoms with van der Waals surface area (Å²) in [6, 6.07) is 12.7. The third kappa shape index (κ3) is 2.99. The van der Waals surface area contributed by atoms with Crippen LogP contribution in [-0.4, -0.2) is 17.3 Å². The Kier molecular flexibility index (Phi) is 4.29. The van der Waals surface area contributed by atoms with Gasteiger partial charge in [0.15, 0.2) is 5.76 Å². The zero-order chi connectivity index (χ0) is 17.1. The number of ketones is 1. The first-order valence-corrected chi connectivity index (χ1v) is 7.54. The molecule has 0 unspecified atom stereocenters. The number of hydrogen-bond acceptors (Lipinski definition) is 5. The predicted molar refractivity (Wildman–Crippen MR) is 88.5 cm³/mol. The van der Waals surface area contributed by atoms with Crippen molar-refractivity contribution >= 4 is 22.4 Å². The molecule has 0 aliphatic carbocycles. The van der Waals surface area contributed by atoms with E-state index in [1.807, 2.05) is 6.92 Å². The quantitative estimate of drug-likeness (QED) is 0.382. The number of benzene rings is 2. The number of fused-ring (bicyclic) bond motifs is 1. The Morgan fingerprint density at radius 3 is 2.75 bits per heavy atom. The van der Waals surface area contributed by atoms with Crippen molar-refractivity contribution in [3.05, 3.63) is 70.0 Å². The summed E-state index contributed by atoms with van der Waals surface area (Å²) in [4.78, 5) is 23.1. The van der Waals surface area contributed by atoms with Crippen molar-refractivity contribution in [2.75, 3.05) is 6.61 Å². The first kappa shape index (κ1) is 15.7. The van der Waals surface area contributed by atoms with Crippen LogP contribution in [0.15, 0.2) is 52.9 Å². The molecule has 0 N–H and O–H groups in total. The van der Waals surface area contributed by atoms with Crippen molar-refractivity contribution in [2.24, 2.45) is 0 Å². The van der Waals surface area contributed by atoms with Gasteiger partial charge in [-0.3, -0.25) is 14.9 Å². The lowest BCUT2D eigenvalue weighted by Crippen LogP contribution is -2.05. The van der Waals surface area contributed by atoms with Crippen molar-refractivity contribution in [2.45, 2.75) is 13.3 Å². The SMILES string of the molecule is CCCOc1ccccc1C(=O)c1cc2cc([N+](=O)[O-])ccc2o1. The molecule has 3 aromatic rings. The maximum atomic E-state index is 12.7. The van der Waals surface area contributed by atoms with Crippen molar-refractivity contribution in [1.29, 1.82) is 0 Å². The molecule has 1 aromatic heterocycles. The van der Waals surface area contributed by atoms with Crippen LogP contribution in [0.4, 0.5) is 5.69 Å². The van der Waals surface area contributed by atoms with Crippen LogP contribution in [0.5, 0.6) is 5.75 Å². The molecule has 3 rings (SSSR count). The molecule has 0 saturated carbocycles. The van der Waals surface area contributed by atoms with Crippen molar-refractivity contribution in [3.63, 3.8) is 0 Å². The molecule has 24 heavy (non-hydrogen) atoms. The molecule has 0 aliphatic heterocycles. The average Bonchev–Trinajstić information content (AvgIpc) is 3.02. The largest absolute Gasteiger partial charge is 0.493 e. The van der Waals surface area contributed by atoms with E-state index in [1.165, 1.54) is 24.3 Å². The van der Waals surface area contributed by atoms with E-state index in [-0.39, 0.29) is 17.2 Å². The smallest absolute Gasteiger partial charge is 0.270 e. The first-order chi connectivity index (χ1) is 11.6. The number of carbonyl (C=O) groups excluding carboxylic acids is 1. The number of para-hydroxylation sites is 1. The zero-order valence-electron chi connectivity index (χ0n) is 13.0. The van der Waals surface area contributed by atoms with Crippen LogP contribution >= 0.6 is 0 Å². The summed E-state index contributed by atoms with van der Waals surface area (Å²) in [7, 11) is 0. The minimum Gasteiger partial charge on any atom is -0.493 e. The Balaban J connectivity index is 1.98. The van der Waals surface area contributed by atoms with Gasteiger partial charge in [0, 0.05) is 17.5 Å². The lowest BCUT2D eigenvalue weighted by molar-refractivity contribution is -0.384. The van der Waals surface area contributed by atoms with E-state index in [9.17, 15) is 14.9 Å². The number of ether oxygens (including phenoxy) is 1. The molecule has 0 radical (unpaired) electrons. The van der Waals surface area contributed by atoms with Crippen LogP contribution in [0.25, 0.3) is 11.0 Å². The molecule has 0 bridgehead atoms. The molecule has 0 aliphatic rings. The molecule has 0 saturated heterocycles. The van der Waals surface area contributed by atoms with Crippen LogP contribution in [0.3, 0.4) is 0 Å². The van der Waals surface area contributed by atoms with Gasteiger partial charge in [-0.1, -0.05) is 19.1 Å². The number of nitro benzene ring substituents is 1. The van der Waals surface area contributed by atoms with Gasteiger partial charge in [-0.15, -0.1) is 0 Å². The summed E-state index contributed by atoms with van der Waals surface area (Å²) in [5.74, 6) is 0.300. The van der Waals surface area contributed by atoms with E-state index < -0.39 is 4.92 Å². The Hall–Kier alpha value is -3.15. The third-order valence-electron chi connectivity index (χ3n) is 3.53. The van der Waals surface area contributed by atoms with Gasteiger partial charge in [-0.05, 0) is 30.7 Å². The van der Waals surface area contributed by atoms with E-state index in [4.69, 9.17) is 9.15 Å². The summed E-state index contributed by atoms with van der Waals surface area (Å²) < 4.78 is 11.2. The van der Waals surface area contributed by atoms with Crippen LogP contribution in [0.1, 0.15) is 29.5 Å². The Labute approximate surface area is 137 Å². The van der Waals surface area contributed by atoms with E-state index in [1.54, 1.807) is 24.3 Å². The molecule has 6 heteroatoms. The zero-order valence-corrected chi connectivity index (χ0v) is 13.0. The van der Waals surface area contributed by atoms with Crippen LogP contribution < -0.4 is 4.74 Å². The van der Waals surface area contributed by atoms with Crippen LogP contribution in [-0.2, 0) is 0 Å². The maximum absolute atomic E-state index is 12.7. The highest BCUT2D eigenvalue weighted by atomic mass is 16.6. The number of rotatable bonds is 6. The van der Waals surface area contributed by atoms with Gasteiger partial charge in [0.2, 0.25) is 5.78 Å². The van der Waals surface area contributed by atoms with E-state index in [0.717, 1.165) is 6.42 Å². The molecule has 6 nitrogen and oxygen atoms in total. The summed E-state index contributed by atoms with van der Waals surface area (Å²) in [5.41, 5.74) is 0.782. The summed E-state index contributed by atoms with van der Waals surface area (Å²) >= 11 is 0. The van der Waals surface area contributed by atoms with Gasteiger partial charge in [-0.25, -0.2) is 0 Å². The second-order valence-electron chi connectivity index (χ2n) is 5.26. The number of hydrogen-bond donors (Lipinski definition) is 0. The van der Waals surface area contributed by atoms with Gasteiger partial charge in [-0.2, -0.15) is 0 Å². The summed E-state index contributed by atoms with van der Waals surface area (Å²) in [5, 5.41) is 11.4. The van der Waals surface area contributed by atoms with Crippen molar-refractivity contribution in [1.82, 2.24) is 0 Å². The molecule has 0 spiro atoms. The highest BCUT2D eigenvalue weighted by Crippen LogP contribution is 2.28. The van der Waals surface area contributed by atoms with Crippen LogP contribution in [0.2, 0.25) is 0 Å². The molecule has 0 atom stereocenters. The summed E-state index contributed by atoms with van der Waals surface area (Å²) in [6.07, 6.45) is 0.830. The fourth-order valence-corrected chi connectivity index (χ4v) is 2.38. The summed E-state index contributed by atoms with van der Waals surface area (Å²) in [6.45, 7) is 2.49. The number of nitrogens with zero attached hydrogens (tertiary/aromatic N) is 1. The fraction of sp³-hybridized carbons (Fsp3) is 0.167. The normalized spacial score (nSPS) is 10.7. The van der Waals surface area contributed by atoms with E-state index >= 15 is 0 Å². The molecular formula is C18H15NO5. The number of non-ortho nitro benzene ring substituents is 1.